The van der Waals surface area contributed by atoms with Crippen LogP contribution in [0.5, 0.6) is 0 Å². The molecule has 0 aliphatic rings. The van der Waals surface area contributed by atoms with Gasteiger partial charge in [0.1, 0.15) is 10.8 Å². The van der Waals surface area contributed by atoms with Crippen LogP contribution in [0.1, 0.15) is 17.4 Å². The Morgan fingerprint density at radius 2 is 2.06 bits per heavy atom. The molecule has 0 aliphatic heterocycles. The summed E-state index contributed by atoms with van der Waals surface area (Å²) in [7, 11) is 0. The number of carbonyl (C=O) groups excluding carboxylic acids is 2. The van der Waals surface area contributed by atoms with Gasteiger partial charge in [0, 0.05) is 0 Å². The number of nitrogens with one attached hydrogen (secondary N) is 1. The molecule has 0 bridgehead atoms. The van der Waals surface area contributed by atoms with Crippen LogP contribution in [0.2, 0.25) is 10.2 Å². The lowest BCUT2D eigenvalue weighted by atomic mass is 10.4. The lowest BCUT2D eigenvalue weighted by Crippen LogP contribution is -2.16. The van der Waals surface area contributed by atoms with Gasteiger partial charge in [0.15, 0.2) is 6.61 Å². The third-order valence-corrected chi connectivity index (χ3v) is 2.26. The number of aromatic amines is 1. The van der Waals surface area contributed by atoms with Crippen molar-refractivity contribution in [3.8, 4) is 0 Å². The Balaban J connectivity index is 2.50. The van der Waals surface area contributed by atoms with E-state index in [9.17, 15) is 9.59 Å². The lowest BCUT2D eigenvalue weighted by Gasteiger charge is -2.02. The highest BCUT2D eigenvalue weighted by Crippen LogP contribution is 2.22. The molecule has 16 heavy (non-hydrogen) atoms. The maximum atomic E-state index is 11.3. The van der Waals surface area contributed by atoms with Crippen LogP contribution in [-0.4, -0.2) is 30.1 Å². The van der Waals surface area contributed by atoms with E-state index in [1.54, 1.807) is 6.92 Å². The topological polar surface area (TPSA) is 68.4 Å². The molecule has 1 rings (SSSR count). The average Bonchev–Trinajstić information content (AvgIpc) is 2.56. The fraction of sp³-hybridized carbons (Fsp3) is 0.333. The second kappa shape index (κ2) is 5.77. The Labute approximate surface area is 102 Å². The van der Waals surface area contributed by atoms with Crippen molar-refractivity contribution >= 4 is 35.1 Å². The average molecular weight is 266 g/mol. The Morgan fingerprint density at radius 3 is 2.56 bits per heavy atom. The second-order valence-electron chi connectivity index (χ2n) is 2.73. The Hall–Kier alpha value is -1.20. The van der Waals surface area contributed by atoms with E-state index in [-0.39, 0.29) is 22.5 Å². The molecule has 0 amide bonds. The van der Waals surface area contributed by atoms with Crippen molar-refractivity contribution in [1.29, 1.82) is 0 Å². The molecule has 7 heteroatoms. The third kappa shape index (κ3) is 3.43. The maximum absolute atomic E-state index is 11.3. The normalized spacial score (nSPS) is 9.94. The van der Waals surface area contributed by atoms with E-state index in [0.29, 0.717) is 0 Å². The third-order valence-electron chi connectivity index (χ3n) is 1.57. The molecule has 0 atom stereocenters. The Kier molecular flexibility index (Phi) is 4.64. The van der Waals surface area contributed by atoms with Gasteiger partial charge in [-0.25, -0.2) is 9.59 Å². The highest BCUT2D eigenvalue weighted by atomic mass is 35.5. The van der Waals surface area contributed by atoms with Crippen molar-refractivity contribution < 1.29 is 19.1 Å². The minimum absolute atomic E-state index is 0.0827. The maximum Gasteiger partial charge on any atom is 0.355 e. The molecular weight excluding hydrogens is 257 g/mol. The molecule has 1 heterocycles. The van der Waals surface area contributed by atoms with Crippen LogP contribution in [0.3, 0.4) is 0 Å². The molecule has 0 saturated carbocycles. The van der Waals surface area contributed by atoms with Crippen LogP contribution in [0, 0.1) is 0 Å². The van der Waals surface area contributed by atoms with Crippen LogP contribution < -0.4 is 0 Å². The minimum atomic E-state index is -0.721. The molecule has 0 fully saturated rings. The van der Waals surface area contributed by atoms with E-state index in [1.165, 1.54) is 6.07 Å². The van der Waals surface area contributed by atoms with Crippen LogP contribution in [0.15, 0.2) is 6.07 Å². The lowest BCUT2D eigenvalue weighted by molar-refractivity contribution is -0.146. The van der Waals surface area contributed by atoms with E-state index in [0.717, 1.165) is 0 Å². The standard InChI is InChI=1S/C9H9Cl2NO4/c1-2-15-7(13)4-16-9(14)6-3-5(10)8(11)12-6/h3,12H,2,4H2,1H3. The Morgan fingerprint density at radius 1 is 1.38 bits per heavy atom. The summed E-state index contributed by atoms with van der Waals surface area (Å²) in [4.78, 5) is 24.7. The number of ether oxygens (including phenoxy) is 2. The van der Waals surface area contributed by atoms with Crippen LogP contribution in [-0.2, 0) is 14.3 Å². The van der Waals surface area contributed by atoms with Crippen molar-refractivity contribution in [2.24, 2.45) is 0 Å². The van der Waals surface area contributed by atoms with Crippen molar-refractivity contribution in [1.82, 2.24) is 4.98 Å². The first-order chi connectivity index (χ1) is 7.54. The summed E-state index contributed by atoms with van der Waals surface area (Å²) in [5.41, 5.74) is 0.0827. The molecule has 1 aromatic rings. The fourth-order valence-corrected chi connectivity index (χ4v) is 1.23. The van der Waals surface area contributed by atoms with Crippen molar-refractivity contribution in [2.45, 2.75) is 6.92 Å². The van der Waals surface area contributed by atoms with E-state index >= 15 is 0 Å². The van der Waals surface area contributed by atoms with E-state index in [1.807, 2.05) is 0 Å². The molecule has 1 aromatic heterocycles. The summed E-state index contributed by atoms with van der Waals surface area (Å²) < 4.78 is 9.23. The predicted molar refractivity (Wildman–Crippen MR) is 57.7 cm³/mol. The van der Waals surface area contributed by atoms with Gasteiger partial charge in [-0.3, -0.25) is 0 Å². The SMILES string of the molecule is CCOC(=O)COC(=O)c1cc(Cl)c(Cl)[nH]1. The van der Waals surface area contributed by atoms with E-state index in [4.69, 9.17) is 23.2 Å². The first-order valence-electron chi connectivity index (χ1n) is 4.41. The monoisotopic (exact) mass is 265 g/mol. The van der Waals surface area contributed by atoms with Gasteiger partial charge in [-0.1, -0.05) is 23.2 Å². The van der Waals surface area contributed by atoms with Crippen LogP contribution >= 0.6 is 23.2 Å². The highest BCUT2D eigenvalue weighted by molar-refractivity contribution is 6.41. The highest BCUT2D eigenvalue weighted by Gasteiger charge is 2.14. The number of carbonyl (C=O) groups is 2. The zero-order valence-corrected chi connectivity index (χ0v) is 9.89. The van der Waals surface area contributed by atoms with Gasteiger partial charge in [-0.15, -0.1) is 0 Å². The van der Waals surface area contributed by atoms with Crippen molar-refractivity contribution in [3.05, 3.63) is 21.9 Å². The molecule has 0 aliphatic carbocycles. The van der Waals surface area contributed by atoms with E-state index < -0.39 is 18.5 Å². The summed E-state index contributed by atoms with van der Waals surface area (Å²) in [6.45, 7) is 1.45. The second-order valence-corrected chi connectivity index (χ2v) is 3.51. The van der Waals surface area contributed by atoms with Crippen molar-refractivity contribution in [2.75, 3.05) is 13.2 Å². The molecule has 0 aromatic carbocycles. The van der Waals surface area contributed by atoms with Crippen LogP contribution in [0.25, 0.3) is 0 Å². The quantitative estimate of drug-likeness (QED) is 0.847. The molecule has 0 saturated heterocycles. The van der Waals surface area contributed by atoms with E-state index in [2.05, 4.69) is 14.5 Å². The first kappa shape index (κ1) is 12.9. The molecule has 0 spiro atoms. The number of halogens is 2. The molecular formula is C9H9Cl2NO4. The van der Waals surface area contributed by atoms with Gasteiger partial charge in [-0.05, 0) is 13.0 Å². The summed E-state index contributed by atoms with van der Waals surface area (Å²) in [5.74, 6) is -1.33. The first-order valence-corrected chi connectivity index (χ1v) is 5.17. The summed E-state index contributed by atoms with van der Waals surface area (Å²) in [6, 6.07) is 1.32. The van der Waals surface area contributed by atoms with Crippen molar-refractivity contribution in [3.63, 3.8) is 0 Å². The molecule has 0 radical (unpaired) electrons. The summed E-state index contributed by atoms with van der Waals surface area (Å²) in [6.07, 6.45) is 0. The van der Waals surface area contributed by atoms with Gasteiger partial charge in [0.05, 0.1) is 11.6 Å². The van der Waals surface area contributed by atoms with Gasteiger partial charge in [-0.2, -0.15) is 0 Å². The number of aromatic nitrogens is 1. The van der Waals surface area contributed by atoms with Crippen LogP contribution in [0.4, 0.5) is 0 Å². The number of esters is 2. The zero-order chi connectivity index (χ0) is 12.1. The molecule has 1 N–H and O–H groups in total. The fourth-order valence-electron chi connectivity index (χ4n) is 0.919. The van der Waals surface area contributed by atoms with Gasteiger partial charge in [0.2, 0.25) is 0 Å². The predicted octanol–water partition coefficient (Wildman–Crippen LogP) is 2.04. The Bertz CT molecular complexity index is 383. The van der Waals surface area contributed by atoms with Gasteiger partial charge >= 0.3 is 11.9 Å². The summed E-state index contributed by atoms with van der Waals surface area (Å²) in [5, 5.41) is 0.356. The molecule has 0 unspecified atom stereocenters. The molecule has 88 valence electrons. The number of H-pyrrole nitrogens is 1. The number of rotatable bonds is 4. The number of hydrogen-bond acceptors (Lipinski definition) is 4. The number of hydrogen-bond donors (Lipinski definition) is 1. The smallest absolute Gasteiger partial charge is 0.355 e. The largest absolute Gasteiger partial charge is 0.463 e. The van der Waals surface area contributed by atoms with Gasteiger partial charge in [0.25, 0.3) is 0 Å². The summed E-state index contributed by atoms with van der Waals surface area (Å²) >= 11 is 11.2. The minimum Gasteiger partial charge on any atom is -0.463 e. The molecule has 5 nitrogen and oxygen atoms in total. The zero-order valence-electron chi connectivity index (χ0n) is 8.38. The van der Waals surface area contributed by atoms with Gasteiger partial charge < -0.3 is 14.5 Å².